The molecular formula is C14H13Cl2NO. The standard InChI is InChI=1S/C14H13Cl2NO/c1-9-4-2-3-5-10(9)8-18-14-7-12(16)11(15)6-13(14)17/h2-7H,8,17H2,1H3. The lowest BCUT2D eigenvalue weighted by atomic mass is 10.1. The molecule has 0 aliphatic rings. The van der Waals surface area contributed by atoms with Gasteiger partial charge in [-0.2, -0.15) is 0 Å². The van der Waals surface area contributed by atoms with Gasteiger partial charge < -0.3 is 10.5 Å². The third kappa shape index (κ3) is 2.89. The zero-order valence-corrected chi connectivity index (χ0v) is 11.4. The minimum atomic E-state index is 0.428. The van der Waals surface area contributed by atoms with Crippen LogP contribution in [0.1, 0.15) is 11.1 Å². The predicted octanol–water partition coefficient (Wildman–Crippen LogP) is 4.46. The van der Waals surface area contributed by atoms with Crippen molar-refractivity contribution in [1.29, 1.82) is 0 Å². The van der Waals surface area contributed by atoms with Gasteiger partial charge in [0.1, 0.15) is 12.4 Å². The van der Waals surface area contributed by atoms with E-state index in [2.05, 4.69) is 0 Å². The summed E-state index contributed by atoms with van der Waals surface area (Å²) in [7, 11) is 0. The van der Waals surface area contributed by atoms with Gasteiger partial charge in [-0.05, 0) is 24.1 Å². The molecule has 0 radical (unpaired) electrons. The maximum atomic E-state index is 5.93. The van der Waals surface area contributed by atoms with Gasteiger partial charge in [0.15, 0.2) is 0 Å². The van der Waals surface area contributed by atoms with Gasteiger partial charge in [-0.1, -0.05) is 47.5 Å². The summed E-state index contributed by atoms with van der Waals surface area (Å²) in [4.78, 5) is 0. The summed E-state index contributed by atoms with van der Waals surface area (Å²) in [6.45, 7) is 2.49. The van der Waals surface area contributed by atoms with Crippen molar-refractivity contribution in [2.75, 3.05) is 5.73 Å². The largest absolute Gasteiger partial charge is 0.487 e. The molecule has 0 heterocycles. The van der Waals surface area contributed by atoms with E-state index in [1.807, 2.05) is 31.2 Å². The van der Waals surface area contributed by atoms with Crippen LogP contribution in [0.2, 0.25) is 10.0 Å². The van der Waals surface area contributed by atoms with E-state index in [1.54, 1.807) is 12.1 Å². The summed E-state index contributed by atoms with van der Waals surface area (Å²) in [5, 5.41) is 0.864. The number of halogens is 2. The molecule has 2 nitrogen and oxygen atoms in total. The lowest BCUT2D eigenvalue weighted by Gasteiger charge is -2.11. The first-order valence-corrected chi connectivity index (χ1v) is 6.25. The molecule has 0 saturated carbocycles. The van der Waals surface area contributed by atoms with Crippen molar-refractivity contribution in [2.45, 2.75) is 13.5 Å². The van der Waals surface area contributed by atoms with Crippen molar-refractivity contribution in [3.05, 3.63) is 57.6 Å². The molecule has 0 saturated heterocycles. The average Bonchev–Trinajstić information content (AvgIpc) is 2.34. The van der Waals surface area contributed by atoms with Gasteiger partial charge >= 0.3 is 0 Å². The summed E-state index contributed by atoms with van der Waals surface area (Å²) in [6, 6.07) is 11.3. The van der Waals surface area contributed by atoms with Gasteiger partial charge in [-0.3, -0.25) is 0 Å². The summed E-state index contributed by atoms with van der Waals surface area (Å²) < 4.78 is 5.67. The fourth-order valence-electron chi connectivity index (χ4n) is 1.60. The number of aryl methyl sites for hydroxylation is 1. The van der Waals surface area contributed by atoms with Crippen molar-refractivity contribution in [2.24, 2.45) is 0 Å². The van der Waals surface area contributed by atoms with Crippen molar-refractivity contribution in [1.82, 2.24) is 0 Å². The molecule has 0 atom stereocenters. The summed E-state index contributed by atoms with van der Waals surface area (Å²) in [6.07, 6.45) is 0. The highest BCUT2D eigenvalue weighted by molar-refractivity contribution is 6.42. The van der Waals surface area contributed by atoms with Crippen LogP contribution in [0.25, 0.3) is 0 Å². The Morgan fingerprint density at radius 3 is 2.50 bits per heavy atom. The van der Waals surface area contributed by atoms with Crippen molar-refractivity contribution < 1.29 is 4.74 Å². The number of hydrogen-bond donors (Lipinski definition) is 1. The van der Waals surface area contributed by atoms with Crippen LogP contribution in [-0.4, -0.2) is 0 Å². The average molecular weight is 282 g/mol. The Balaban J connectivity index is 2.16. The van der Waals surface area contributed by atoms with Crippen LogP contribution < -0.4 is 10.5 Å². The van der Waals surface area contributed by atoms with Gasteiger partial charge in [-0.25, -0.2) is 0 Å². The third-order valence-corrected chi connectivity index (χ3v) is 3.42. The van der Waals surface area contributed by atoms with Crippen LogP contribution in [0.5, 0.6) is 5.75 Å². The molecule has 18 heavy (non-hydrogen) atoms. The van der Waals surface area contributed by atoms with Gasteiger partial charge in [0.25, 0.3) is 0 Å². The Labute approximate surface area is 116 Å². The predicted molar refractivity (Wildman–Crippen MR) is 76.4 cm³/mol. The fourth-order valence-corrected chi connectivity index (χ4v) is 1.92. The van der Waals surface area contributed by atoms with E-state index in [4.69, 9.17) is 33.7 Å². The second kappa shape index (κ2) is 5.51. The van der Waals surface area contributed by atoms with Gasteiger partial charge in [0.05, 0.1) is 15.7 Å². The molecule has 0 aliphatic heterocycles. The van der Waals surface area contributed by atoms with Crippen LogP contribution >= 0.6 is 23.2 Å². The molecule has 2 N–H and O–H groups in total. The normalized spacial score (nSPS) is 10.4. The summed E-state index contributed by atoms with van der Waals surface area (Å²) >= 11 is 11.8. The van der Waals surface area contributed by atoms with Crippen LogP contribution in [0.3, 0.4) is 0 Å². The minimum Gasteiger partial charge on any atom is -0.487 e. The van der Waals surface area contributed by atoms with Crippen molar-refractivity contribution in [3.8, 4) is 5.75 Å². The number of anilines is 1. The van der Waals surface area contributed by atoms with E-state index >= 15 is 0 Å². The van der Waals surface area contributed by atoms with Gasteiger partial charge in [-0.15, -0.1) is 0 Å². The SMILES string of the molecule is Cc1ccccc1COc1cc(Cl)c(Cl)cc1N. The van der Waals surface area contributed by atoms with Gasteiger partial charge in [0.2, 0.25) is 0 Å². The Morgan fingerprint density at radius 2 is 1.78 bits per heavy atom. The highest BCUT2D eigenvalue weighted by atomic mass is 35.5. The second-order valence-electron chi connectivity index (χ2n) is 4.02. The molecule has 0 aliphatic carbocycles. The van der Waals surface area contributed by atoms with E-state index < -0.39 is 0 Å². The Hall–Kier alpha value is -1.38. The molecule has 2 rings (SSSR count). The molecular weight excluding hydrogens is 269 g/mol. The molecule has 0 fully saturated rings. The van der Waals surface area contributed by atoms with E-state index in [0.29, 0.717) is 28.1 Å². The number of nitrogens with two attached hydrogens (primary N) is 1. The van der Waals surface area contributed by atoms with Crippen LogP contribution in [0.15, 0.2) is 36.4 Å². The smallest absolute Gasteiger partial charge is 0.144 e. The number of hydrogen-bond acceptors (Lipinski definition) is 2. The number of rotatable bonds is 3. The topological polar surface area (TPSA) is 35.2 Å². The van der Waals surface area contributed by atoms with E-state index in [0.717, 1.165) is 5.56 Å². The highest BCUT2D eigenvalue weighted by Crippen LogP contribution is 2.32. The van der Waals surface area contributed by atoms with Gasteiger partial charge in [0, 0.05) is 6.07 Å². The van der Waals surface area contributed by atoms with Crippen molar-refractivity contribution in [3.63, 3.8) is 0 Å². The minimum absolute atomic E-state index is 0.428. The number of benzene rings is 2. The van der Waals surface area contributed by atoms with E-state index in [1.165, 1.54) is 5.56 Å². The van der Waals surface area contributed by atoms with E-state index in [-0.39, 0.29) is 0 Å². The Bertz CT molecular complexity index is 570. The van der Waals surface area contributed by atoms with Crippen molar-refractivity contribution >= 4 is 28.9 Å². The van der Waals surface area contributed by atoms with Crippen LogP contribution in [-0.2, 0) is 6.61 Å². The maximum absolute atomic E-state index is 5.93. The molecule has 0 amide bonds. The lowest BCUT2D eigenvalue weighted by molar-refractivity contribution is 0.307. The molecule has 4 heteroatoms. The molecule has 0 bridgehead atoms. The summed E-state index contributed by atoms with van der Waals surface area (Å²) in [5.74, 6) is 0.549. The molecule has 2 aromatic rings. The molecule has 94 valence electrons. The van der Waals surface area contributed by atoms with Crippen LogP contribution in [0.4, 0.5) is 5.69 Å². The maximum Gasteiger partial charge on any atom is 0.144 e. The highest BCUT2D eigenvalue weighted by Gasteiger charge is 2.07. The lowest BCUT2D eigenvalue weighted by Crippen LogP contribution is -2.00. The Kier molecular flexibility index (Phi) is 4.00. The molecule has 0 unspecified atom stereocenters. The molecule has 2 aromatic carbocycles. The molecule has 0 aromatic heterocycles. The Morgan fingerprint density at radius 1 is 1.11 bits per heavy atom. The first-order valence-electron chi connectivity index (χ1n) is 5.50. The first-order chi connectivity index (χ1) is 8.58. The zero-order chi connectivity index (χ0) is 13.1. The fraction of sp³-hybridized carbons (Fsp3) is 0.143. The first kappa shape index (κ1) is 13.1. The number of ether oxygens (including phenoxy) is 1. The second-order valence-corrected chi connectivity index (χ2v) is 4.83. The summed E-state index contributed by atoms with van der Waals surface area (Å²) in [5.41, 5.74) is 8.60. The zero-order valence-electron chi connectivity index (χ0n) is 9.91. The quantitative estimate of drug-likeness (QED) is 0.843. The van der Waals surface area contributed by atoms with E-state index in [9.17, 15) is 0 Å². The number of nitrogen functional groups attached to an aromatic ring is 1. The molecule has 0 spiro atoms. The monoisotopic (exact) mass is 281 g/mol. The third-order valence-electron chi connectivity index (χ3n) is 2.70. The van der Waals surface area contributed by atoms with Crippen LogP contribution in [0, 0.1) is 6.92 Å².